The Labute approximate surface area is 83.9 Å². The summed E-state index contributed by atoms with van der Waals surface area (Å²) >= 11 is 0. The minimum atomic E-state index is 0. The van der Waals surface area contributed by atoms with Gasteiger partial charge >= 0.3 is 0 Å². The van der Waals surface area contributed by atoms with Crippen LogP contribution in [-0.2, 0) is 12.8 Å². The lowest BCUT2D eigenvalue weighted by molar-refractivity contribution is 0.571. The minimum absolute atomic E-state index is 0. The summed E-state index contributed by atoms with van der Waals surface area (Å²) in [5.41, 5.74) is 8.28. The van der Waals surface area contributed by atoms with Gasteiger partial charge in [0.1, 0.15) is 0 Å². The molecule has 1 heterocycles. The number of aromatic nitrogens is 2. The number of nitrogens with zero attached hydrogens (tertiary/aromatic N) is 1. The Hall–Kier alpha value is -0.250. The lowest BCUT2D eigenvalue weighted by Crippen LogP contribution is -2.27. The standard InChI is InChI=1S/C7H11N3.2ClH/c8-6-1-2-7-5(3-6)4-9-10-7;;/h4,6H,1-3,8H2,(H,9,10);2*1H. The molecule has 3 N–H and O–H groups in total. The number of H-pyrrole nitrogens is 1. The van der Waals surface area contributed by atoms with Crippen LogP contribution in [0.3, 0.4) is 0 Å². The van der Waals surface area contributed by atoms with Gasteiger partial charge in [0.25, 0.3) is 0 Å². The van der Waals surface area contributed by atoms with Crippen LogP contribution in [0.5, 0.6) is 0 Å². The largest absolute Gasteiger partial charge is 0.327 e. The van der Waals surface area contributed by atoms with E-state index >= 15 is 0 Å². The molecule has 0 aromatic carbocycles. The number of nitrogens with two attached hydrogens (primary N) is 1. The lowest BCUT2D eigenvalue weighted by Gasteiger charge is -2.15. The highest BCUT2D eigenvalue weighted by Crippen LogP contribution is 2.16. The molecule has 1 unspecified atom stereocenters. The predicted molar refractivity (Wildman–Crippen MR) is 53.1 cm³/mol. The first-order chi connectivity index (χ1) is 4.86. The van der Waals surface area contributed by atoms with E-state index in [0.29, 0.717) is 6.04 Å². The number of aryl methyl sites for hydroxylation is 1. The van der Waals surface area contributed by atoms with Gasteiger partial charge in [-0.3, -0.25) is 5.10 Å². The number of aromatic amines is 1. The van der Waals surface area contributed by atoms with Crippen LogP contribution in [0.25, 0.3) is 0 Å². The second-order valence-corrected chi connectivity index (χ2v) is 2.86. The van der Waals surface area contributed by atoms with Crippen LogP contribution in [0.15, 0.2) is 6.20 Å². The third kappa shape index (κ3) is 2.12. The van der Waals surface area contributed by atoms with E-state index in [1.165, 1.54) is 11.3 Å². The molecule has 1 aromatic rings. The number of fused-ring (bicyclic) bond motifs is 1. The number of halogens is 2. The van der Waals surface area contributed by atoms with Crippen LogP contribution in [0.4, 0.5) is 0 Å². The van der Waals surface area contributed by atoms with E-state index in [0.717, 1.165) is 19.3 Å². The van der Waals surface area contributed by atoms with Gasteiger partial charge in [-0.25, -0.2) is 0 Å². The molecule has 1 aliphatic rings. The summed E-state index contributed by atoms with van der Waals surface area (Å²) < 4.78 is 0. The summed E-state index contributed by atoms with van der Waals surface area (Å²) in [7, 11) is 0. The predicted octanol–water partition coefficient (Wildman–Crippen LogP) is 1.07. The Morgan fingerprint density at radius 2 is 2.25 bits per heavy atom. The Balaban J connectivity index is 0.000000605. The third-order valence-corrected chi connectivity index (χ3v) is 2.04. The summed E-state index contributed by atoms with van der Waals surface area (Å²) in [5, 5.41) is 6.97. The van der Waals surface area contributed by atoms with E-state index in [9.17, 15) is 0 Å². The number of rotatable bonds is 0. The Kier molecular flexibility index (Phi) is 4.60. The molecule has 1 atom stereocenters. The molecule has 0 fully saturated rings. The summed E-state index contributed by atoms with van der Waals surface area (Å²) in [5.74, 6) is 0. The van der Waals surface area contributed by atoms with E-state index in [1.54, 1.807) is 0 Å². The maximum absolute atomic E-state index is 5.77. The lowest BCUT2D eigenvalue weighted by atomic mass is 9.94. The van der Waals surface area contributed by atoms with Gasteiger partial charge in [-0.05, 0) is 24.8 Å². The molecule has 0 saturated carbocycles. The molecule has 3 nitrogen and oxygen atoms in total. The second kappa shape index (κ2) is 4.70. The molecular formula is C7H13Cl2N3. The molecule has 2 rings (SSSR count). The Bertz CT molecular complexity index is 236. The van der Waals surface area contributed by atoms with Gasteiger partial charge in [-0.1, -0.05) is 0 Å². The Morgan fingerprint density at radius 1 is 1.50 bits per heavy atom. The van der Waals surface area contributed by atoms with Crippen LogP contribution in [0, 0.1) is 0 Å². The van der Waals surface area contributed by atoms with Crippen molar-refractivity contribution in [2.24, 2.45) is 5.73 Å². The van der Waals surface area contributed by atoms with E-state index in [-0.39, 0.29) is 24.8 Å². The second-order valence-electron chi connectivity index (χ2n) is 2.86. The highest BCUT2D eigenvalue weighted by molar-refractivity contribution is 5.85. The van der Waals surface area contributed by atoms with Crippen molar-refractivity contribution in [1.82, 2.24) is 10.2 Å². The molecule has 0 spiro atoms. The van der Waals surface area contributed by atoms with Gasteiger partial charge in [-0.15, -0.1) is 24.8 Å². The number of hydrogen-bond acceptors (Lipinski definition) is 2. The van der Waals surface area contributed by atoms with Gasteiger partial charge in [0.2, 0.25) is 0 Å². The van der Waals surface area contributed by atoms with Crippen molar-refractivity contribution in [3.05, 3.63) is 17.5 Å². The molecule has 0 amide bonds. The van der Waals surface area contributed by atoms with Crippen LogP contribution in [0.1, 0.15) is 17.7 Å². The summed E-state index contributed by atoms with van der Waals surface area (Å²) in [6, 6.07) is 0.352. The van der Waals surface area contributed by atoms with E-state index < -0.39 is 0 Å². The van der Waals surface area contributed by atoms with Crippen LogP contribution in [0.2, 0.25) is 0 Å². The quantitative estimate of drug-likeness (QED) is 0.672. The molecule has 5 heteroatoms. The van der Waals surface area contributed by atoms with Crippen molar-refractivity contribution in [2.75, 3.05) is 0 Å². The first-order valence-electron chi connectivity index (χ1n) is 3.63. The average molecular weight is 210 g/mol. The zero-order valence-corrected chi connectivity index (χ0v) is 8.25. The fourth-order valence-electron chi connectivity index (χ4n) is 1.44. The Morgan fingerprint density at radius 3 is 3.00 bits per heavy atom. The van der Waals surface area contributed by atoms with Crippen molar-refractivity contribution in [1.29, 1.82) is 0 Å². The zero-order valence-electron chi connectivity index (χ0n) is 6.62. The van der Waals surface area contributed by atoms with Crippen LogP contribution < -0.4 is 5.73 Å². The van der Waals surface area contributed by atoms with E-state index in [1.807, 2.05) is 6.20 Å². The maximum Gasteiger partial charge on any atom is 0.0655 e. The van der Waals surface area contributed by atoms with Crippen molar-refractivity contribution >= 4 is 24.8 Å². The summed E-state index contributed by atoms with van der Waals surface area (Å²) in [4.78, 5) is 0. The highest BCUT2D eigenvalue weighted by Gasteiger charge is 2.16. The molecule has 12 heavy (non-hydrogen) atoms. The highest BCUT2D eigenvalue weighted by atomic mass is 35.5. The molecule has 1 aliphatic carbocycles. The molecule has 0 radical (unpaired) electrons. The van der Waals surface area contributed by atoms with E-state index in [4.69, 9.17) is 5.73 Å². The first kappa shape index (κ1) is 11.8. The first-order valence-corrected chi connectivity index (χ1v) is 3.63. The summed E-state index contributed by atoms with van der Waals surface area (Å²) in [6.45, 7) is 0. The summed E-state index contributed by atoms with van der Waals surface area (Å²) in [6.07, 6.45) is 5.07. The van der Waals surface area contributed by atoms with E-state index in [2.05, 4.69) is 10.2 Å². The monoisotopic (exact) mass is 209 g/mol. The van der Waals surface area contributed by atoms with Gasteiger partial charge in [0.05, 0.1) is 5.69 Å². The SMILES string of the molecule is Cl.Cl.NC1CCc2n[nH]cc2C1. The van der Waals surface area contributed by atoms with Crippen molar-refractivity contribution < 1.29 is 0 Å². The topological polar surface area (TPSA) is 54.7 Å². The normalized spacial score (nSPS) is 20.2. The van der Waals surface area contributed by atoms with Crippen molar-refractivity contribution in [3.63, 3.8) is 0 Å². The molecule has 0 aliphatic heterocycles. The average Bonchev–Trinajstić information content (AvgIpc) is 2.33. The molecule has 1 aromatic heterocycles. The smallest absolute Gasteiger partial charge is 0.0655 e. The molecule has 0 bridgehead atoms. The van der Waals surface area contributed by atoms with Crippen molar-refractivity contribution in [2.45, 2.75) is 25.3 Å². The van der Waals surface area contributed by atoms with Crippen LogP contribution >= 0.6 is 24.8 Å². The van der Waals surface area contributed by atoms with Gasteiger partial charge in [0.15, 0.2) is 0 Å². The minimum Gasteiger partial charge on any atom is -0.327 e. The van der Waals surface area contributed by atoms with Gasteiger partial charge in [-0.2, -0.15) is 5.10 Å². The van der Waals surface area contributed by atoms with Gasteiger partial charge < -0.3 is 5.73 Å². The molecular weight excluding hydrogens is 197 g/mol. The fraction of sp³-hybridized carbons (Fsp3) is 0.571. The maximum atomic E-state index is 5.77. The van der Waals surface area contributed by atoms with Gasteiger partial charge in [0, 0.05) is 12.2 Å². The molecule has 70 valence electrons. The number of nitrogens with one attached hydrogen (secondary N) is 1. The van der Waals surface area contributed by atoms with Crippen LogP contribution in [-0.4, -0.2) is 16.2 Å². The molecule has 0 saturated heterocycles. The fourth-order valence-corrected chi connectivity index (χ4v) is 1.44. The van der Waals surface area contributed by atoms with Crippen molar-refractivity contribution in [3.8, 4) is 0 Å². The third-order valence-electron chi connectivity index (χ3n) is 2.04. The number of hydrogen-bond donors (Lipinski definition) is 2. The zero-order chi connectivity index (χ0) is 6.97.